The van der Waals surface area contributed by atoms with Gasteiger partial charge in [-0.3, -0.25) is 24.6 Å². The zero-order valence-electron chi connectivity index (χ0n) is 46.4. The molecule has 384 valence electrons. The van der Waals surface area contributed by atoms with Crippen LogP contribution in [0.15, 0.2) is 24.3 Å². The minimum Gasteiger partial charge on any atom is -0.507 e. The van der Waals surface area contributed by atoms with Crippen molar-refractivity contribution in [3.8, 4) is 11.5 Å². The minimum absolute atomic E-state index is 0.0294. The van der Waals surface area contributed by atoms with E-state index in [9.17, 15) is 24.6 Å². The van der Waals surface area contributed by atoms with Crippen molar-refractivity contribution in [1.29, 1.82) is 0 Å². The number of amides is 1. The fourth-order valence-electron chi connectivity index (χ4n) is 11.5. The van der Waals surface area contributed by atoms with Gasteiger partial charge >= 0.3 is 11.9 Å². The Hall–Kier alpha value is -3.67. The van der Waals surface area contributed by atoms with Crippen LogP contribution >= 0.6 is 0 Å². The minimum atomic E-state index is -1.20. The van der Waals surface area contributed by atoms with Crippen molar-refractivity contribution in [2.45, 2.75) is 258 Å². The number of phenolic OH excluding ortho intramolecular Hbond substituents is 2. The predicted octanol–water partition coefficient (Wildman–Crippen LogP) is 10.7. The number of aromatic hydroxyl groups is 2. The molecular weight excluding hydrogens is 853 g/mol. The molecule has 0 spiro atoms. The molecular formula is C57H94N4O7. The molecule has 2 aliphatic heterocycles. The average molecular weight is 947 g/mol. The average Bonchev–Trinajstić information content (AvgIpc) is 3.11. The summed E-state index contributed by atoms with van der Waals surface area (Å²) < 4.78 is 12.6. The summed E-state index contributed by atoms with van der Waals surface area (Å²) in [6.45, 7) is 44.6. The molecule has 1 amide bonds. The predicted molar refractivity (Wildman–Crippen MR) is 277 cm³/mol. The van der Waals surface area contributed by atoms with Gasteiger partial charge in [0, 0.05) is 60.4 Å². The molecule has 2 aromatic rings. The van der Waals surface area contributed by atoms with Gasteiger partial charge in [-0.15, -0.1) is 0 Å². The number of hydrogen-bond acceptors (Lipinski definition) is 10. The highest BCUT2D eigenvalue weighted by molar-refractivity contribution is 5.82. The molecule has 1 atom stereocenters. The maximum Gasteiger partial charge on any atom is 0.307 e. The van der Waals surface area contributed by atoms with Crippen molar-refractivity contribution in [2.24, 2.45) is 0 Å². The number of carbonyl (C=O) groups is 3. The fourth-order valence-corrected chi connectivity index (χ4v) is 11.5. The first-order valence-corrected chi connectivity index (χ1v) is 25.3. The zero-order chi connectivity index (χ0) is 52.0. The number of phenols is 2. The lowest BCUT2D eigenvalue weighted by Crippen LogP contribution is -2.72. The van der Waals surface area contributed by atoms with E-state index in [-0.39, 0.29) is 76.1 Å². The Morgan fingerprint density at radius 3 is 1.40 bits per heavy atom. The van der Waals surface area contributed by atoms with Crippen molar-refractivity contribution >= 4 is 17.8 Å². The first-order valence-electron chi connectivity index (χ1n) is 25.3. The fraction of sp³-hybridized carbons (Fsp3) is 0.737. The highest BCUT2D eigenvalue weighted by Crippen LogP contribution is 2.46. The number of rotatable bonds is 14. The van der Waals surface area contributed by atoms with Crippen LogP contribution in [0.5, 0.6) is 11.5 Å². The summed E-state index contributed by atoms with van der Waals surface area (Å²) in [5, 5.41) is 33.2. The third-order valence-corrected chi connectivity index (χ3v) is 14.0. The first kappa shape index (κ1) is 56.9. The highest BCUT2D eigenvalue weighted by atomic mass is 16.6. The van der Waals surface area contributed by atoms with E-state index in [0.29, 0.717) is 43.7 Å². The SMILES string of the molecule is CC(NC1(OC(=O)CCc2cc(C(C)(C)C)c(O)c(C(C)(C)C)c2)CC(C)(C)N(CCOC(=O)CCc2cc(C(C)(C)C)c(O)c(C(C)(C)C)c2)C(C)(C)C1)C(=O)NC1CC(C)(C)NC(C)(C)C1. The third-order valence-electron chi connectivity index (χ3n) is 14.0. The smallest absolute Gasteiger partial charge is 0.307 e. The van der Waals surface area contributed by atoms with Gasteiger partial charge in [0.15, 0.2) is 5.72 Å². The summed E-state index contributed by atoms with van der Waals surface area (Å²) in [4.78, 5) is 44.1. The summed E-state index contributed by atoms with van der Waals surface area (Å²) in [5.74, 6) is -0.189. The Morgan fingerprint density at radius 2 is 1.03 bits per heavy atom. The molecule has 2 aromatic carbocycles. The van der Waals surface area contributed by atoms with Gasteiger partial charge in [-0.25, -0.2) is 0 Å². The second-order valence-electron chi connectivity index (χ2n) is 27.3. The Kier molecular flexibility index (Phi) is 16.6. The molecule has 0 aromatic heterocycles. The van der Waals surface area contributed by atoms with Gasteiger partial charge in [-0.2, -0.15) is 0 Å². The van der Waals surface area contributed by atoms with Gasteiger partial charge in [-0.05, 0) is 143 Å². The van der Waals surface area contributed by atoms with Gasteiger partial charge in [0.1, 0.15) is 18.1 Å². The molecule has 2 fully saturated rings. The van der Waals surface area contributed by atoms with Crippen LogP contribution in [0.2, 0.25) is 0 Å². The molecule has 0 bridgehead atoms. The number of nitrogens with one attached hydrogen (secondary N) is 3. The van der Waals surface area contributed by atoms with Crippen LogP contribution in [0.4, 0.5) is 0 Å². The Bertz CT molecular complexity index is 2040. The topological polar surface area (TPSA) is 149 Å². The highest BCUT2D eigenvalue weighted by Gasteiger charge is 2.55. The molecule has 68 heavy (non-hydrogen) atoms. The maximum atomic E-state index is 14.3. The monoisotopic (exact) mass is 947 g/mol. The van der Waals surface area contributed by atoms with Crippen molar-refractivity contribution in [3.63, 3.8) is 0 Å². The molecule has 0 aliphatic carbocycles. The number of benzene rings is 2. The molecule has 2 saturated heterocycles. The summed E-state index contributed by atoms with van der Waals surface area (Å²) in [6.07, 6.45) is 3.56. The van der Waals surface area contributed by atoms with Crippen LogP contribution in [-0.4, -0.2) is 86.1 Å². The standard InChI is InChI=1S/C57H94N4O7/c1-36(48(66)58-39-32-53(14,15)60-54(16,17)33-39)59-57(68-45(63)25-23-38-30-42(51(8,9)10)47(65)43(31-38)52(11,12)13)34-55(18,19)61(56(20,21)35-57)26-27-67-44(62)24-22-37-28-40(49(2,3)4)46(64)41(29-37)50(5,6)7/h28-31,36,39,59-60,64-65H,22-27,32-35H2,1-21H3,(H,58,66). The lowest BCUT2D eigenvalue weighted by Gasteiger charge is -2.59. The number of piperidine rings is 2. The lowest BCUT2D eigenvalue weighted by atomic mass is 9.74. The van der Waals surface area contributed by atoms with Gasteiger partial charge in [-0.1, -0.05) is 107 Å². The normalized spacial score (nSPS) is 20.1. The lowest BCUT2D eigenvalue weighted by molar-refractivity contribution is -0.197. The first-order chi connectivity index (χ1) is 30.6. The number of nitrogens with zero attached hydrogens (tertiary/aromatic N) is 1. The van der Waals surface area contributed by atoms with E-state index in [1.54, 1.807) is 0 Å². The molecule has 11 heteroatoms. The van der Waals surface area contributed by atoms with Crippen molar-refractivity contribution in [3.05, 3.63) is 57.6 Å². The number of ether oxygens (including phenoxy) is 2. The summed E-state index contributed by atoms with van der Waals surface area (Å²) in [6, 6.07) is 7.34. The quantitative estimate of drug-likeness (QED) is 0.0915. The van der Waals surface area contributed by atoms with Crippen molar-refractivity contribution < 1.29 is 34.1 Å². The van der Waals surface area contributed by atoms with Crippen LogP contribution in [0, 0.1) is 0 Å². The van der Waals surface area contributed by atoms with E-state index < -0.39 is 22.8 Å². The van der Waals surface area contributed by atoms with Crippen LogP contribution in [0.1, 0.15) is 217 Å². The number of esters is 2. The van der Waals surface area contributed by atoms with E-state index in [4.69, 9.17) is 9.47 Å². The molecule has 2 aliphatic rings. The molecule has 11 nitrogen and oxygen atoms in total. The maximum absolute atomic E-state index is 14.3. The number of likely N-dealkylation sites (tertiary alicyclic amines) is 1. The second kappa shape index (κ2) is 19.9. The summed E-state index contributed by atoms with van der Waals surface area (Å²) in [7, 11) is 0. The Morgan fingerprint density at radius 1 is 0.662 bits per heavy atom. The molecule has 1 unspecified atom stereocenters. The van der Waals surface area contributed by atoms with Gasteiger partial charge in [0.2, 0.25) is 5.91 Å². The molecule has 2 heterocycles. The van der Waals surface area contributed by atoms with Crippen LogP contribution in [0.25, 0.3) is 0 Å². The van der Waals surface area contributed by atoms with E-state index >= 15 is 0 Å². The third kappa shape index (κ3) is 14.7. The van der Waals surface area contributed by atoms with Gasteiger partial charge in [0.25, 0.3) is 0 Å². The molecule has 5 N–H and O–H groups in total. The largest absolute Gasteiger partial charge is 0.507 e. The van der Waals surface area contributed by atoms with Crippen LogP contribution in [-0.2, 0) is 58.4 Å². The Balaban J connectivity index is 1.56. The molecule has 0 radical (unpaired) electrons. The van der Waals surface area contributed by atoms with Gasteiger partial charge < -0.3 is 30.3 Å². The number of hydrogen-bond donors (Lipinski definition) is 5. The van der Waals surface area contributed by atoms with E-state index in [1.807, 2.05) is 31.2 Å². The van der Waals surface area contributed by atoms with Crippen LogP contribution in [0.3, 0.4) is 0 Å². The van der Waals surface area contributed by atoms with Crippen LogP contribution < -0.4 is 16.0 Å². The zero-order valence-corrected chi connectivity index (χ0v) is 46.4. The second-order valence-corrected chi connectivity index (χ2v) is 27.3. The summed E-state index contributed by atoms with van der Waals surface area (Å²) in [5.41, 5.74) is 1.55. The number of carbonyl (C=O) groups excluding carboxylic acids is 3. The van der Waals surface area contributed by atoms with Gasteiger partial charge in [0.05, 0.1) is 6.04 Å². The molecule has 0 saturated carbocycles. The summed E-state index contributed by atoms with van der Waals surface area (Å²) >= 11 is 0. The van der Waals surface area contributed by atoms with Crippen molar-refractivity contribution in [1.82, 2.24) is 20.9 Å². The van der Waals surface area contributed by atoms with Crippen molar-refractivity contribution in [2.75, 3.05) is 13.2 Å². The Labute approximate surface area is 412 Å². The van der Waals surface area contributed by atoms with E-state index in [1.165, 1.54) is 0 Å². The van der Waals surface area contributed by atoms with E-state index in [0.717, 1.165) is 46.2 Å². The number of aryl methyl sites for hydroxylation is 2. The molecule has 4 rings (SSSR count). The van der Waals surface area contributed by atoms with E-state index in [2.05, 4.69) is 159 Å².